The van der Waals surface area contributed by atoms with Gasteiger partial charge in [0.05, 0.1) is 6.10 Å². The summed E-state index contributed by atoms with van der Waals surface area (Å²) in [6, 6.07) is 17.3. The number of ether oxygens (including phenoxy) is 2. The molecule has 33 heavy (non-hydrogen) atoms. The van der Waals surface area contributed by atoms with Crippen molar-refractivity contribution in [1.29, 1.82) is 0 Å². The molecule has 5 unspecified atom stereocenters. The summed E-state index contributed by atoms with van der Waals surface area (Å²) < 4.78 is 12.4. The second-order valence-electron chi connectivity index (χ2n) is 9.60. The van der Waals surface area contributed by atoms with Crippen molar-refractivity contribution in [3.05, 3.63) is 71.3 Å². The van der Waals surface area contributed by atoms with Crippen LogP contribution in [0.15, 0.2) is 54.6 Å². The molecule has 2 aromatic rings. The lowest BCUT2D eigenvalue weighted by molar-refractivity contribution is -0.212. The van der Waals surface area contributed by atoms with Crippen LogP contribution in [-0.2, 0) is 33.5 Å². The fourth-order valence-electron chi connectivity index (χ4n) is 4.81. The number of rotatable bonds is 11. The lowest BCUT2D eigenvalue weighted by atomic mass is 9.69. The molecular weight excluding hydrogens is 416 g/mol. The average molecular weight is 455 g/mol. The van der Waals surface area contributed by atoms with Gasteiger partial charge in [0.15, 0.2) is 6.29 Å². The first-order chi connectivity index (χ1) is 15.7. The zero-order valence-corrected chi connectivity index (χ0v) is 19.8. The van der Waals surface area contributed by atoms with Gasteiger partial charge in [0.25, 0.3) is 0 Å². The molecule has 0 saturated heterocycles. The quantitative estimate of drug-likeness (QED) is 0.442. The van der Waals surface area contributed by atoms with Crippen LogP contribution in [0.1, 0.15) is 56.2 Å². The van der Waals surface area contributed by atoms with Crippen LogP contribution in [0.25, 0.3) is 0 Å². The topological polar surface area (TPSA) is 108 Å². The van der Waals surface area contributed by atoms with Crippen LogP contribution < -0.4 is 11.5 Å². The lowest BCUT2D eigenvalue weighted by Crippen LogP contribution is -2.43. The number of aliphatic carboxylic acids is 1. The highest BCUT2D eigenvalue weighted by atomic mass is 16.7. The van der Waals surface area contributed by atoms with Crippen LogP contribution >= 0.6 is 0 Å². The van der Waals surface area contributed by atoms with E-state index in [0.29, 0.717) is 12.8 Å². The molecule has 5 N–H and O–H groups in total. The van der Waals surface area contributed by atoms with E-state index in [4.69, 9.17) is 26.0 Å². The van der Waals surface area contributed by atoms with Gasteiger partial charge in [-0.1, -0.05) is 74.4 Å². The van der Waals surface area contributed by atoms with Crippen molar-refractivity contribution in [3.8, 4) is 0 Å². The minimum absolute atomic E-state index is 0.00161. The highest BCUT2D eigenvalue weighted by Gasteiger charge is 2.38. The van der Waals surface area contributed by atoms with Crippen molar-refractivity contribution < 1.29 is 19.4 Å². The molecule has 1 fully saturated rings. The van der Waals surface area contributed by atoms with Gasteiger partial charge in [0.2, 0.25) is 0 Å². The second-order valence-corrected chi connectivity index (χ2v) is 9.60. The summed E-state index contributed by atoms with van der Waals surface area (Å²) >= 11 is 0. The fraction of sp³-hybridized carbons (Fsp3) is 0.519. The maximum Gasteiger partial charge on any atom is 0.320 e. The second kappa shape index (κ2) is 11.7. The normalized spacial score (nSPS) is 23.6. The molecule has 2 aromatic carbocycles. The van der Waals surface area contributed by atoms with E-state index in [0.717, 1.165) is 36.8 Å². The van der Waals surface area contributed by atoms with E-state index in [1.807, 2.05) is 49.4 Å². The molecule has 1 saturated carbocycles. The number of hydrogen-bond acceptors (Lipinski definition) is 5. The Morgan fingerprint density at radius 2 is 1.67 bits per heavy atom. The third kappa shape index (κ3) is 7.64. The van der Waals surface area contributed by atoms with E-state index < -0.39 is 18.2 Å². The molecule has 6 heteroatoms. The van der Waals surface area contributed by atoms with Gasteiger partial charge in [-0.25, -0.2) is 0 Å². The summed E-state index contributed by atoms with van der Waals surface area (Å²) in [5, 5.41) is 9.02. The zero-order valence-electron chi connectivity index (χ0n) is 19.8. The van der Waals surface area contributed by atoms with E-state index in [1.54, 1.807) is 0 Å². The predicted octanol–water partition coefficient (Wildman–Crippen LogP) is 4.04. The molecular formula is C27H38N2O4. The van der Waals surface area contributed by atoms with Crippen molar-refractivity contribution in [3.63, 3.8) is 0 Å². The Labute approximate surface area is 197 Å². The molecule has 0 amide bonds. The first-order valence-electron chi connectivity index (χ1n) is 11.9. The van der Waals surface area contributed by atoms with Crippen LogP contribution in [-0.4, -0.2) is 35.7 Å². The van der Waals surface area contributed by atoms with Crippen LogP contribution in [0.2, 0.25) is 0 Å². The SMILES string of the molecule is CC(OC(N)Cc1ccccc1)OC1CCCCC1(C)Cc1ccc(CC(N)C(=O)O)cc1. The van der Waals surface area contributed by atoms with Crippen LogP contribution in [0.5, 0.6) is 0 Å². The number of benzene rings is 2. The minimum Gasteiger partial charge on any atom is -0.480 e. The fourth-order valence-corrected chi connectivity index (χ4v) is 4.81. The van der Waals surface area contributed by atoms with Gasteiger partial charge >= 0.3 is 5.97 Å². The number of nitrogens with two attached hydrogens (primary N) is 2. The van der Waals surface area contributed by atoms with Gasteiger partial charge in [0.1, 0.15) is 12.3 Å². The molecule has 0 aliphatic heterocycles. The number of carboxylic acid groups (broad SMARTS) is 1. The molecule has 6 nitrogen and oxygen atoms in total. The molecule has 3 rings (SSSR count). The Morgan fingerprint density at radius 1 is 1.03 bits per heavy atom. The zero-order chi connectivity index (χ0) is 23.8. The third-order valence-electron chi connectivity index (χ3n) is 6.65. The minimum atomic E-state index is -0.978. The van der Waals surface area contributed by atoms with Crippen molar-refractivity contribution in [2.75, 3.05) is 0 Å². The monoisotopic (exact) mass is 454 g/mol. The Bertz CT molecular complexity index is 873. The van der Waals surface area contributed by atoms with E-state index in [-0.39, 0.29) is 17.8 Å². The largest absolute Gasteiger partial charge is 0.480 e. The van der Waals surface area contributed by atoms with Gasteiger partial charge in [-0.2, -0.15) is 0 Å². The highest BCUT2D eigenvalue weighted by Crippen LogP contribution is 2.41. The average Bonchev–Trinajstić information content (AvgIpc) is 2.77. The van der Waals surface area contributed by atoms with Crippen molar-refractivity contribution in [2.24, 2.45) is 16.9 Å². The molecule has 1 aliphatic rings. The third-order valence-corrected chi connectivity index (χ3v) is 6.65. The number of carboxylic acids is 1. The van der Waals surface area contributed by atoms with Crippen molar-refractivity contribution in [1.82, 2.24) is 0 Å². The first-order valence-corrected chi connectivity index (χ1v) is 11.9. The maximum atomic E-state index is 11.0. The van der Waals surface area contributed by atoms with Crippen molar-refractivity contribution in [2.45, 2.75) is 83.5 Å². The highest BCUT2D eigenvalue weighted by molar-refractivity contribution is 5.73. The van der Waals surface area contributed by atoms with Crippen LogP contribution in [0.4, 0.5) is 0 Å². The van der Waals surface area contributed by atoms with E-state index in [1.165, 1.54) is 12.0 Å². The molecule has 0 spiro atoms. The molecule has 180 valence electrons. The number of hydrogen-bond donors (Lipinski definition) is 3. The van der Waals surface area contributed by atoms with Gasteiger partial charge < -0.3 is 26.0 Å². The summed E-state index contributed by atoms with van der Waals surface area (Å²) in [6.45, 7) is 4.22. The van der Waals surface area contributed by atoms with Gasteiger partial charge in [0, 0.05) is 6.42 Å². The Morgan fingerprint density at radius 3 is 2.33 bits per heavy atom. The first kappa shape index (κ1) is 25.4. The van der Waals surface area contributed by atoms with E-state index >= 15 is 0 Å². The van der Waals surface area contributed by atoms with E-state index in [9.17, 15) is 4.79 Å². The maximum absolute atomic E-state index is 11.0. The van der Waals surface area contributed by atoms with Crippen molar-refractivity contribution >= 4 is 5.97 Å². The molecule has 0 radical (unpaired) electrons. The van der Waals surface area contributed by atoms with Gasteiger partial charge in [-0.05, 0) is 54.7 Å². The van der Waals surface area contributed by atoms with Crippen LogP contribution in [0, 0.1) is 5.41 Å². The molecule has 0 aromatic heterocycles. The molecule has 0 bridgehead atoms. The van der Waals surface area contributed by atoms with Gasteiger partial charge in [-0.3, -0.25) is 4.79 Å². The number of carbonyl (C=O) groups is 1. The predicted molar refractivity (Wildman–Crippen MR) is 130 cm³/mol. The smallest absolute Gasteiger partial charge is 0.320 e. The summed E-state index contributed by atoms with van der Waals surface area (Å²) in [6.07, 6.45) is 5.59. The molecule has 5 atom stereocenters. The Hall–Kier alpha value is -2.25. The summed E-state index contributed by atoms with van der Waals surface area (Å²) in [5.74, 6) is -0.978. The lowest BCUT2D eigenvalue weighted by Gasteiger charge is -2.42. The van der Waals surface area contributed by atoms with E-state index in [2.05, 4.69) is 19.1 Å². The van der Waals surface area contributed by atoms with Gasteiger partial charge in [-0.15, -0.1) is 0 Å². The Kier molecular flexibility index (Phi) is 9.03. The standard InChI is InChI=1S/C27H38N2O4/c1-19(33-25(29)17-20-8-4-3-5-9-20)32-24-10-6-7-15-27(24,2)18-22-13-11-21(12-14-22)16-23(28)26(30)31/h3-5,8-9,11-14,19,23-25H,6-7,10,15-18,28-29H2,1-2H3,(H,30,31). The molecule has 0 heterocycles. The summed E-state index contributed by atoms with van der Waals surface area (Å²) in [7, 11) is 0. The summed E-state index contributed by atoms with van der Waals surface area (Å²) in [5.41, 5.74) is 15.2. The molecule has 1 aliphatic carbocycles. The summed E-state index contributed by atoms with van der Waals surface area (Å²) in [4.78, 5) is 11.0. The Balaban J connectivity index is 1.57. The van der Waals surface area contributed by atoms with Crippen LogP contribution in [0.3, 0.4) is 0 Å².